The summed E-state index contributed by atoms with van der Waals surface area (Å²) in [6.07, 6.45) is 0.580. The fourth-order valence-electron chi connectivity index (χ4n) is 5.29. The molecule has 0 saturated carbocycles. The quantitative estimate of drug-likeness (QED) is 0.242. The van der Waals surface area contributed by atoms with E-state index in [0.29, 0.717) is 24.5 Å². The minimum atomic E-state index is -3.81. The van der Waals surface area contributed by atoms with Crippen LogP contribution in [0.15, 0.2) is 89.8 Å². The average Bonchev–Trinajstić information content (AvgIpc) is 3.41. The van der Waals surface area contributed by atoms with Crippen LogP contribution in [0.3, 0.4) is 0 Å². The number of hydrogen-bond acceptors (Lipinski definition) is 7. The predicted octanol–water partition coefficient (Wildman–Crippen LogP) is 5.18. The van der Waals surface area contributed by atoms with Gasteiger partial charge in [0.2, 0.25) is 10.0 Å². The van der Waals surface area contributed by atoms with E-state index in [2.05, 4.69) is 27.7 Å². The first-order valence-corrected chi connectivity index (χ1v) is 17.2. The summed E-state index contributed by atoms with van der Waals surface area (Å²) in [6, 6.07) is 24.7. The van der Waals surface area contributed by atoms with Crippen LogP contribution in [0.1, 0.15) is 49.2 Å². The normalized spacial score (nSPS) is 13.2. The van der Waals surface area contributed by atoms with E-state index in [-0.39, 0.29) is 29.1 Å². The van der Waals surface area contributed by atoms with Gasteiger partial charge >= 0.3 is 6.03 Å². The highest BCUT2D eigenvalue weighted by Crippen LogP contribution is 2.38. The van der Waals surface area contributed by atoms with Crippen molar-refractivity contribution in [3.63, 3.8) is 0 Å². The molecule has 5 rings (SSSR count). The zero-order valence-electron chi connectivity index (χ0n) is 26.0. The summed E-state index contributed by atoms with van der Waals surface area (Å²) in [7, 11) is -0.722. The third-order valence-corrected chi connectivity index (χ3v) is 10.8. The maximum atomic E-state index is 13.4. The first-order valence-electron chi connectivity index (χ1n) is 15.0. The molecule has 0 fully saturated rings. The minimum absolute atomic E-state index is 0.0780. The summed E-state index contributed by atoms with van der Waals surface area (Å²) in [6.45, 7) is 4.35. The van der Waals surface area contributed by atoms with E-state index >= 15 is 0 Å². The predicted molar refractivity (Wildman–Crippen MR) is 179 cm³/mol. The fourth-order valence-corrected chi connectivity index (χ4v) is 8.01. The number of sulfonamides is 1. The first-order chi connectivity index (χ1) is 22.1. The lowest BCUT2D eigenvalue weighted by Crippen LogP contribution is -2.39. The molecule has 1 aromatic heterocycles. The Morgan fingerprint density at radius 1 is 0.870 bits per heavy atom. The van der Waals surface area contributed by atoms with E-state index in [1.54, 1.807) is 21.0 Å². The van der Waals surface area contributed by atoms with Gasteiger partial charge in [0.15, 0.2) is 0 Å². The zero-order valence-corrected chi connectivity index (χ0v) is 27.7. The molecule has 0 radical (unpaired) electrons. The van der Waals surface area contributed by atoms with Crippen molar-refractivity contribution in [1.82, 2.24) is 19.4 Å². The third-order valence-electron chi connectivity index (χ3n) is 7.77. The van der Waals surface area contributed by atoms with E-state index in [1.807, 2.05) is 48.5 Å². The molecule has 0 unspecified atom stereocenters. The van der Waals surface area contributed by atoms with Gasteiger partial charge in [0.1, 0.15) is 5.00 Å². The van der Waals surface area contributed by atoms with Crippen LogP contribution in [0, 0.1) is 0 Å². The van der Waals surface area contributed by atoms with Crippen molar-refractivity contribution in [2.45, 2.75) is 37.9 Å². The number of imide groups is 1. The van der Waals surface area contributed by atoms with Gasteiger partial charge in [-0.25, -0.2) is 13.2 Å². The second-order valence-corrected chi connectivity index (χ2v) is 14.2. The van der Waals surface area contributed by atoms with Crippen molar-refractivity contribution < 1.29 is 22.8 Å². The van der Waals surface area contributed by atoms with Crippen molar-refractivity contribution in [2.75, 3.05) is 32.5 Å². The Labute approximate surface area is 273 Å². The number of fused-ring (bicyclic) bond motifs is 1. The highest BCUT2D eigenvalue weighted by Gasteiger charge is 2.30. The molecule has 3 aromatic carbocycles. The van der Waals surface area contributed by atoms with Crippen LogP contribution in [0.2, 0.25) is 0 Å². The summed E-state index contributed by atoms with van der Waals surface area (Å²) in [5, 5.41) is 5.63. The summed E-state index contributed by atoms with van der Waals surface area (Å²) in [5.74, 6) is -1.07. The number of nitrogens with one attached hydrogen (secondary N) is 2. The topological polar surface area (TPSA) is 119 Å². The third kappa shape index (κ3) is 7.53. The lowest BCUT2D eigenvalue weighted by molar-refractivity contribution is 0.0956. The Morgan fingerprint density at radius 2 is 1.50 bits per heavy atom. The Balaban J connectivity index is 1.36. The van der Waals surface area contributed by atoms with Gasteiger partial charge in [-0.2, -0.15) is 4.31 Å². The number of rotatable bonds is 10. The Bertz CT molecular complexity index is 1810. The molecule has 2 heterocycles. The maximum Gasteiger partial charge on any atom is 0.323 e. The number of benzene rings is 3. The van der Waals surface area contributed by atoms with Crippen LogP contribution in [0.25, 0.3) is 0 Å². The molecule has 4 aromatic rings. The molecule has 0 atom stereocenters. The number of carbonyl (C=O) groups excluding carboxylic acids is 3. The van der Waals surface area contributed by atoms with Gasteiger partial charge in [-0.3, -0.25) is 19.8 Å². The van der Waals surface area contributed by atoms with Gasteiger partial charge in [0, 0.05) is 57.3 Å². The van der Waals surface area contributed by atoms with E-state index in [0.717, 1.165) is 22.5 Å². The van der Waals surface area contributed by atoms with E-state index < -0.39 is 27.9 Å². The Morgan fingerprint density at radius 3 is 2.11 bits per heavy atom. The molecule has 46 heavy (non-hydrogen) atoms. The number of amides is 4. The van der Waals surface area contributed by atoms with Crippen molar-refractivity contribution in [1.29, 1.82) is 0 Å². The lowest BCUT2D eigenvalue weighted by Gasteiger charge is -2.27. The van der Waals surface area contributed by atoms with Crippen LogP contribution in [0.5, 0.6) is 0 Å². The van der Waals surface area contributed by atoms with Gasteiger partial charge in [-0.05, 0) is 47.4 Å². The molecule has 12 heteroatoms. The second kappa shape index (κ2) is 14.4. The number of thiophene rings is 1. The number of anilines is 1. The summed E-state index contributed by atoms with van der Waals surface area (Å²) in [4.78, 5) is 43.8. The molecule has 0 saturated heterocycles. The molecule has 1 aliphatic heterocycles. The van der Waals surface area contributed by atoms with E-state index in [1.165, 1.54) is 50.4 Å². The molecule has 2 N–H and O–H groups in total. The summed E-state index contributed by atoms with van der Waals surface area (Å²) >= 11 is 1.32. The van der Waals surface area contributed by atoms with E-state index in [4.69, 9.17) is 0 Å². The van der Waals surface area contributed by atoms with Crippen molar-refractivity contribution in [3.05, 3.63) is 118 Å². The van der Waals surface area contributed by atoms with Crippen LogP contribution in [0.4, 0.5) is 9.80 Å². The molecule has 1 aliphatic rings. The Hall–Kier alpha value is -4.36. The van der Waals surface area contributed by atoms with Crippen molar-refractivity contribution in [3.8, 4) is 0 Å². The highest BCUT2D eigenvalue weighted by molar-refractivity contribution is 7.89. The highest BCUT2D eigenvalue weighted by atomic mass is 32.2. The standard InChI is InChI=1S/C34H37N5O5S2/c1-4-39(22-25-13-9-6-10-14-25)46(43,44)27-17-15-26(16-18-27)31(40)35-33-30(32(41)36-34(42)37(2)3)28-19-20-38(23-29(28)45-33)21-24-11-7-5-8-12-24/h5-18H,4,19-23H2,1-3H3,(H,35,40)(H,36,41,42). The minimum Gasteiger partial charge on any atom is -0.331 e. The van der Waals surface area contributed by atoms with Crippen molar-refractivity contribution >= 4 is 44.2 Å². The largest absolute Gasteiger partial charge is 0.331 e. The van der Waals surface area contributed by atoms with Crippen molar-refractivity contribution in [2.24, 2.45) is 0 Å². The summed E-state index contributed by atoms with van der Waals surface area (Å²) in [5.41, 5.74) is 3.38. The smallest absolute Gasteiger partial charge is 0.323 e. The van der Waals surface area contributed by atoms with Gasteiger partial charge in [0.05, 0.1) is 10.5 Å². The molecular weight excluding hydrogens is 623 g/mol. The van der Waals surface area contributed by atoms with Gasteiger partial charge in [0.25, 0.3) is 11.8 Å². The molecular formula is C34H37N5O5S2. The van der Waals surface area contributed by atoms with Crippen LogP contribution < -0.4 is 10.6 Å². The molecule has 4 amide bonds. The fraction of sp³-hybridized carbons (Fsp3) is 0.265. The number of urea groups is 1. The average molecular weight is 660 g/mol. The zero-order chi connectivity index (χ0) is 32.8. The van der Waals surface area contributed by atoms with Gasteiger partial charge < -0.3 is 10.2 Å². The lowest BCUT2D eigenvalue weighted by atomic mass is 10.0. The van der Waals surface area contributed by atoms with Crippen LogP contribution in [-0.2, 0) is 36.1 Å². The van der Waals surface area contributed by atoms with Gasteiger partial charge in [-0.1, -0.05) is 67.6 Å². The maximum absolute atomic E-state index is 13.4. The SMILES string of the molecule is CCN(Cc1ccccc1)S(=O)(=O)c1ccc(C(=O)Nc2sc3c(c2C(=O)NC(=O)N(C)C)CCN(Cc2ccccc2)C3)cc1. The van der Waals surface area contributed by atoms with E-state index in [9.17, 15) is 22.8 Å². The van der Waals surface area contributed by atoms with Gasteiger partial charge in [-0.15, -0.1) is 11.3 Å². The van der Waals surface area contributed by atoms with Crippen LogP contribution >= 0.6 is 11.3 Å². The first kappa shape index (κ1) is 33.0. The molecule has 240 valence electrons. The molecule has 0 aliphatic carbocycles. The number of hydrogen-bond donors (Lipinski definition) is 2. The number of nitrogens with zero attached hydrogens (tertiary/aromatic N) is 3. The van der Waals surface area contributed by atoms with Crippen LogP contribution in [-0.4, -0.2) is 67.6 Å². The monoisotopic (exact) mass is 659 g/mol. The molecule has 10 nitrogen and oxygen atoms in total. The molecule has 0 spiro atoms. The number of carbonyl (C=O) groups is 3. The second-order valence-electron chi connectivity index (χ2n) is 11.2. The molecule has 0 bridgehead atoms. The summed E-state index contributed by atoms with van der Waals surface area (Å²) < 4.78 is 28.2. The Kier molecular flexibility index (Phi) is 10.3.